The van der Waals surface area contributed by atoms with Crippen molar-refractivity contribution in [3.05, 3.63) is 42.2 Å². The van der Waals surface area contributed by atoms with Crippen LogP contribution in [0.5, 0.6) is 5.75 Å². The second kappa shape index (κ2) is 5.14. The number of methoxy groups -OCH3 is 1. The molecule has 4 heteroatoms. The smallest absolute Gasteiger partial charge is 0.251 e. The van der Waals surface area contributed by atoms with Crippen LogP contribution in [-0.2, 0) is 0 Å². The molecule has 15 heavy (non-hydrogen) atoms. The number of hydrogen-bond donors (Lipinski definition) is 1. The fraction of sp³-hybridized carbons (Fsp3) is 0.182. The summed E-state index contributed by atoms with van der Waals surface area (Å²) in [6.07, 6.45) is 1.57. The zero-order chi connectivity index (χ0) is 11.3. The first kappa shape index (κ1) is 11.2. The predicted octanol–water partition coefficient (Wildman–Crippen LogP) is 1.75. The van der Waals surface area contributed by atoms with Gasteiger partial charge in [-0.25, -0.2) is 4.39 Å². The molecule has 0 fully saturated rings. The molecule has 0 heterocycles. The minimum atomic E-state index is -0.488. The van der Waals surface area contributed by atoms with Crippen LogP contribution in [0.15, 0.2) is 30.9 Å². The van der Waals surface area contributed by atoms with Gasteiger partial charge in [-0.05, 0) is 18.2 Å². The van der Waals surface area contributed by atoms with E-state index >= 15 is 0 Å². The van der Waals surface area contributed by atoms with Crippen molar-refractivity contribution < 1.29 is 13.9 Å². The van der Waals surface area contributed by atoms with E-state index in [-0.39, 0.29) is 11.7 Å². The SMILES string of the molecule is C=CCNC(=O)c1ccc(F)c(OC)c1. The fourth-order valence-corrected chi connectivity index (χ4v) is 1.07. The van der Waals surface area contributed by atoms with Crippen molar-refractivity contribution in [3.8, 4) is 5.75 Å². The summed E-state index contributed by atoms with van der Waals surface area (Å²) in [7, 11) is 1.35. The molecule has 1 N–H and O–H groups in total. The minimum Gasteiger partial charge on any atom is -0.494 e. The monoisotopic (exact) mass is 209 g/mol. The van der Waals surface area contributed by atoms with Gasteiger partial charge in [0, 0.05) is 12.1 Å². The standard InChI is InChI=1S/C11H12FNO2/c1-3-6-13-11(14)8-4-5-9(12)10(7-8)15-2/h3-5,7H,1,6H2,2H3,(H,13,14). The average molecular weight is 209 g/mol. The van der Waals surface area contributed by atoms with Gasteiger partial charge in [-0.15, -0.1) is 6.58 Å². The molecule has 0 spiro atoms. The lowest BCUT2D eigenvalue weighted by atomic mass is 10.2. The van der Waals surface area contributed by atoms with E-state index in [2.05, 4.69) is 11.9 Å². The van der Waals surface area contributed by atoms with Crippen molar-refractivity contribution in [1.29, 1.82) is 0 Å². The van der Waals surface area contributed by atoms with Crippen LogP contribution in [0, 0.1) is 5.82 Å². The Morgan fingerprint density at radius 2 is 2.40 bits per heavy atom. The lowest BCUT2D eigenvalue weighted by Crippen LogP contribution is -2.23. The van der Waals surface area contributed by atoms with Crippen LogP contribution in [0.2, 0.25) is 0 Å². The zero-order valence-corrected chi connectivity index (χ0v) is 8.42. The van der Waals surface area contributed by atoms with E-state index in [9.17, 15) is 9.18 Å². The Balaban J connectivity index is 2.85. The lowest BCUT2D eigenvalue weighted by Gasteiger charge is -2.05. The zero-order valence-electron chi connectivity index (χ0n) is 8.42. The number of carbonyl (C=O) groups excluding carboxylic acids is 1. The van der Waals surface area contributed by atoms with E-state index in [4.69, 9.17) is 4.74 Å². The summed E-state index contributed by atoms with van der Waals surface area (Å²) in [4.78, 5) is 11.4. The second-order valence-electron chi connectivity index (χ2n) is 2.85. The van der Waals surface area contributed by atoms with E-state index in [1.807, 2.05) is 0 Å². The Kier molecular flexibility index (Phi) is 3.85. The molecule has 1 rings (SSSR count). The maximum Gasteiger partial charge on any atom is 0.251 e. The van der Waals surface area contributed by atoms with Crippen LogP contribution in [0.25, 0.3) is 0 Å². The molecular weight excluding hydrogens is 197 g/mol. The summed E-state index contributed by atoms with van der Waals surface area (Å²) in [6.45, 7) is 3.85. The molecule has 0 bridgehead atoms. The third-order valence-corrected chi connectivity index (χ3v) is 1.82. The van der Waals surface area contributed by atoms with Gasteiger partial charge in [0.05, 0.1) is 7.11 Å². The number of halogens is 1. The van der Waals surface area contributed by atoms with E-state index in [1.165, 1.54) is 25.3 Å². The predicted molar refractivity (Wildman–Crippen MR) is 55.5 cm³/mol. The molecule has 0 atom stereocenters. The molecule has 0 aliphatic carbocycles. The third kappa shape index (κ3) is 2.80. The molecule has 0 radical (unpaired) electrons. The summed E-state index contributed by atoms with van der Waals surface area (Å²) in [6, 6.07) is 3.95. The van der Waals surface area contributed by atoms with Gasteiger partial charge in [0.15, 0.2) is 11.6 Å². The Labute approximate surface area is 87.6 Å². The molecule has 1 aromatic rings. The molecule has 1 aromatic carbocycles. The van der Waals surface area contributed by atoms with Crippen molar-refractivity contribution in [3.63, 3.8) is 0 Å². The number of amides is 1. The molecular formula is C11H12FNO2. The Morgan fingerprint density at radius 1 is 1.67 bits per heavy atom. The largest absolute Gasteiger partial charge is 0.494 e. The highest BCUT2D eigenvalue weighted by molar-refractivity contribution is 5.94. The highest BCUT2D eigenvalue weighted by atomic mass is 19.1. The van der Waals surface area contributed by atoms with Crippen LogP contribution >= 0.6 is 0 Å². The number of rotatable bonds is 4. The first-order valence-corrected chi connectivity index (χ1v) is 4.41. The van der Waals surface area contributed by atoms with Crippen LogP contribution < -0.4 is 10.1 Å². The van der Waals surface area contributed by atoms with Gasteiger partial charge in [-0.1, -0.05) is 6.08 Å². The van der Waals surface area contributed by atoms with E-state index in [0.717, 1.165) is 0 Å². The minimum absolute atomic E-state index is 0.0567. The van der Waals surface area contributed by atoms with E-state index in [1.54, 1.807) is 6.08 Å². The average Bonchev–Trinajstić information content (AvgIpc) is 2.26. The van der Waals surface area contributed by atoms with Gasteiger partial charge in [0.2, 0.25) is 0 Å². The van der Waals surface area contributed by atoms with Crippen molar-refractivity contribution in [2.45, 2.75) is 0 Å². The normalized spacial score (nSPS) is 9.47. The van der Waals surface area contributed by atoms with E-state index < -0.39 is 5.82 Å². The van der Waals surface area contributed by atoms with Gasteiger partial charge in [0.1, 0.15) is 0 Å². The molecule has 80 valence electrons. The summed E-state index contributed by atoms with van der Waals surface area (Å²) in [5.41, 5.74) is 0.357. The van der Waals surface area contributed by atoms with Crippen molar-refractivity contribution in [2.24, 2.45) is 0 Å². The maximum absolute atomic E-state index is 13.0. The second-order valence-corrected chi connectivity index (χ2v) is 2.85. The molecule has 0 aliphatic rings. The van der Waals surface area contributed by atoms with Crippen LogP contribution in [0.1, 0.15) is 10.4 Å². The highest BCUT2D eigenvalue weighted by Crippen LogP contribution is 2.17. The molecule has 3 nitrogen and oxygen atoms in total. The maximum atomic E-state index is 13.0. The molecule has 0 aliphatic heterocycles. The van der Waals surface area contributed by atoms with Crippen molar-refractivity contribution in [1.82, 2.24) is 5.32 Å². The Hall–Kier alpha value is -1.84. The van der Waals surface area contributed by atoms with Gasteiger partial charge < -0.3 is 10.1 Å². The van der Waals surface area contributed by atoms with Gasteiger partial charge in [-0.2, -0.15) is 0 Å². The molecule has 0 saturated carbocycles. The van der Waals surface area contributed by atoms with Crippen LogP contribution in [-0.4, -0.2) is 19.6 Å². The molecule has 0 saturated heterocycles. The lowest BCUT2D eigenvalue weighted by molar-refractivity contribution is 0.0957. The number of carbonyl (C=O) groups is 1. The van der Waals surface area contributed by atoms with Gasteiger partial charge >= 0.3 is 0 Å². The summed E-state index contributed by atoms with van der Waals surface area (Å²) in [5.74, 6) is -0.716. The number of nitrogens with one attached hydrogen (secondary N) is 1. The number of benzene rings is 1. The number of hydrogen-bond acceptors (Lipinski definition) is 2. The van der Waals surface area contributed by atoms with Crippen molar-refractivity contribution in [2.75, 3.05) is 13.7 Å². The molecule has 0 aromatic heterocycles. The quantitative estimate of drug-likeness (QED) is 0.767. The molecule has 0 unspecified atom stereocenters. The summed E-state index contributed by atoms with van der Waals surface area (Å²) >= 11 is 0. The first-order valence-electron chi connectivity index (χ1n) is 4.41. The fourth-order valence-electron chi connectivity index (χ4n) is 1.07. The van der Waals surface area contributed by atoms with Gasteiger partial charge in [0.25, 0.3) is 5.91 Å². The van der Waals surface area contributed by atoms with Crippen LogP contribution in [0.4, 0.5) is 4.39 Å². The van der Waals surface area contributed by atoms with Crippen LogP contribution in [0.3, 0.4) is 0 Å². The molecule has 1 amide bonds. The Bertz CT molecular complexity index is 377. The summed E-state index contributed by atoms with van der Waals surface area (Å²) < 4.78 is 17.8. The number of ether oxygens (including phenoxy) is 1. The van der Waals surface area contributed by atoms with Gasteiger partial charge in [-0.3, -0.25) is 4.79 Å². The third-order valence-electron chi connectivity index (χ3n) is 1.82. The topological polar surface area (TPSA) is 38.3 Å². The first-order chi connectivity index (χ1) is 7.19. The highest BCUT2D eigenvalue weighted by Gasteiger charge is 2.08. The van der Waals surface area contributed by atoms with E-state index in [0.29, 0.717) is 12.1 Å². The van der Waals surface area contributed by atoms with Crippen molar-refractivity contribution >= 4 is 5.91 Å². The summed E-state index contributed by atoms with van der Waals surface area (Å²) in [5, 5.41) is 2.58. The Morgan fingerprint density at radius 3 is 3.00 bits per heavy atom.